The molecule has 110 valence electrons. The van der Waals surface area contributed by atoms with Gasteiger partial charge >= 0.3 is 5.97 Å². The maximum atomic E-state index is 11.4. The van der Waals surface area contributed by atoms with Gasteiger partial charge in [-0.3, -0.25) is 9.59 Å². The van der Waals surface area contributed by atoms with E-state index in [0.29, 0.717) is 39.0 Å². The molecule has 2 N–H and O–H groups in total. The number of unbranched alkanes of at least 4 members (excludes halogenated alkanes) is 1. The predicted molar refractivity (Wildman–Crippen MR) is 68.9 cm³/mol. The first-order valence-electron chi connectivity index (χ1n) is 6.86. The molecule has 0 aromatic carbocycles. The van der Waals surface area contributed by atoms with Crippen molar-refractivity contribution in [2.45, 2.75) is 44.6 Å². The Balaban J connectivity index is 1.86. The van der Waals surface area contributed by atoms with Crippen LogP contribution in [0.5, 0.6) is 0 Å². The third kappa shape index (κ3) is 8.56. The maximum Gasteiger partial charge on any atom is 0.303 e. The Bertz CT molecular complexity index is 276. The summed E-state index contributed by atoms with van der Waals surface area (Å²) >= 11 is 0. The lowest BCUT2D eigenvalue weighted by molar-refractivity contribution is -0.137. The molecule has 1 aliphatic heterocycles. The Morgan fingerprint density at radius 3 is 2.84 bits per heavy atom. The first kappa shape index (κ1) is 15.9. The van der Waals surface area contributed by atoms with Gasteiger partial charge in [-0.25, -0.2) is 0 Å². The minimum absolute atomic E-state index is 0.0531. The van der Waals surface area contributed by atoms with Gasteiger partial charge in [0.25, 0.3) is 0 Å². The molecule has 1 saturated heterocycles. The molecule has 0 saturated carbocycles. The van der Waals surface area contributed by atoms with Crippen LogP contribution in [0.15, 0.2) is 0 Å². The summed E-state index contributed by atoms with van der Waals surface area (Å²) in [7, 11) is 0. The first-order valence-corrected chi connectivity index (χ1v) is 6.86. The van der Waals surface area contributed by atoms with Crippen molar-refractivity contribution in [3.8, 4) is 0 Å². The van der Waals surface area contributed by atoms with Gasteiger partial charge in [0.05, 0.1) is 19.3 Å². The first-order chi connectivity index (χ1) is 9.18. The normalized spacial score (nSPS) is 18.4. The maximum absolute atomic E-state index is 11.4. The second kappa shape index (κ2) is 9.75. The smallest absolute Gasteiger partial charge is 0.303 e. The molecule has 1 unspecified atom stereocenters. The van der Waals surface area contributed by atoms with Gasteiger partial charge in [-0.05, 0) is 25.7 Å². The Morgan fingerprint density at radius 2 is 2.16 bits per heavy atom. The molecule has 1 heterocycles. The standard InChI is InChI=1S/C13H23NO5/c15-12(14-7-2-1-5-13(16)17)6-9-18-10-11-4-3-8-19-11/h11H,1-10H2,(H,14,15)(H,16,17). The van der Waals surface area contributed by atoms with Crippen molar-refractivity contribution in [3.05, 3.63) is 0 Å². The summed E-state index contributed by atoms with van der Waals surface area (Å²) in [5, 5.41) is 11.2. The number of carboxylic acid groups (broad SMARTS) is 1. The largest absolute Gasteiger partial charge is 0.481 e. The van der Waals surface area contributed by atoms with Gasteiger partial charge in [0.1, 0.15) is 0 Å². The Morgan fingerprint density at radius 1 is 1.32 bits per heavy atom. The van der Waals surface area contributed by atoms with Crippen LogP contribution in [0.2, 0.25) is 0 Å². The molecule has 19 heavy (non-hydrogen) atoms. The van der Waals surface area contributed by atoms with E-state index in [-0.39, 0.29) is 18.4 Å². The van der Waals surface area contributed by atoms with Crippen molar-refractivity contribution >= 4 is 11.9 Å². The summed E-state index contributed by atoms with van der Waals surface area (Å²) in [6, 6.07) is 0. The molecule has 1 atom stereocenters. The van der Waals surface area contributed by atoms with Crippen molar-refractivity contribution in [1.82, 2.24) is 5.32 Å². The number of ether oxygens (including phenoxy) is 2. The molecule has 1 rings (SSSR count). The fourth-order valence-electron chi connectivity index (χ4n) is 1.87. The molecular formula is C13H23NO5. The van der Waals surface area contributed by atoms with E-state index in [9.17, 15) is 9.59 Å². The highest BCUT2D eigenvalue weighted by atomic mass is 16.5. The van der Waals surface area contributed by atoms with Gasteiger partial charge in [0, 0.05) is 26.0 Å². The highest BCUT2D eigenvalue weighted by Gasteiger charge is 2.15. The van der Waals surface area contributed by atoms with Crippen LogP contribution < -0.4 is 5.32 Å². The Hall–Kier alpha value is -1.14. The van der Waals surface area contributed by atoms with E-state index < -0.39 is 5.97 Å². The lowest BCUT2D eigenvalue weighted by Crippen LogP contribution is -2.26. The molecule has 0 radical (unpaired) electrons. The molecule has 0 aromatic heterocycles. The summed E-state index contributed by atoms with van der Waals surface area (Å²) in [5.41, 5.74) is 0. The lowest BCUT2D eigenvalue weighted by atomic mass is 10.2. The number of carboxylic acids is 1. The number of carbonyl (C=O) groups is 2. The van der Waals surface area contributed by atoms with Crippen LogP contribution in [-0.4, -0.2) is 49.5 Å². The molecule has 1 amide bonds. The molecule has 1 fully saturated rings. The topological polar surface area (TPSA) is 84.9 Å². The van der Waals surface area contributed by atoms with E-state index in [1.165, 1.54) is 0 Å². The van der Waals surface area contributed by atoms with E-state index in [0.717, 1.165) is 19.4 Å². The van der Waals surface area contributed by atoms with Crippen LogP contribution in [0.3, 0.4) is 0 Å². The van der Waals surface area contributed by atoms with E-state index in [1.807, 2.05) is 0 Å². The third-order valence-corrected chi connectivity index (χ3v) is 2.94. The van der Waals surface area contributed by atoms with Gasteiger partial charge in [-0.2, -0.15) is 0 Å². The number of hydrogen-bond donors (Lipinski definition) is 2. The number of rotatable bonds is 10. The average molecular weight is 273 g/mol. The summed E-state index contributed by atoms with van der Waals surface area (Å²) < 4.78 is 10.8. The van der Waals surface area contributed by atoms with Crippen molar-refractivity contribution < 1.29 is 24.2 Å². The zero-order valence-electron chi connectivity index (χ0n) is 11.2. The minimum Gasteiger partial charge on any atom is -0.481 e. The molecule has 6 nitrogen and oxygen atoms in total. The van der Waals surface area contributed by atoms with Gasteiger partial charge in [-0.1, -0.05) is 0 Å². The fourth-order valence-corrected chi connectivity index (χ4v) is 1.87. The van der Waals surface area contributed by atoms with Crippen LogP contribution in [0.25, 0.3) is 0 Å². The van der Waals surface area contributed by atoms with Gasteiger partial charge < -0.3 is 19.9 Å². The fraction of sp³-hybridized carbons (Fsp3) is 0.846. The summed E-state index contributed by atoms with van der Waals surface area (Å²) in [6.07, 6.45) is 4.09. The molecule has 0 spiro atoms. The molecule has 1 aliphatic rings. The minimum atomic E-state index is -0.797. The SMILES string of the molecule is O=C(O)CCCCNC(=O)CCOCC1CCCO1. The van der Waals surface area contributed by atoms with Crippen LogP contribution in [0.1, 0.15) is 38.5 Å². The Kier molecular flexibility index (Phi) is 8.16. The monoisotopic (exact) mass is 273 g/mol. The molecule has 0 bridgehead atoms. The molecule has 0 aromatic rings. The van der Waals surface area contributed by atoms with E-state index in [1.54, 1.807) is 0 Å². The highest BCUT2D eigenvalue weighted by Crippen LogP contribution is 2.11. The quantitative estimate of drug-likeness (QED) is 0.579. The highest BCUT2D eigenvalue weighted by molar-refractivity contribution is 5.75. The number of hydrogen-bond acceptors (Lipinski definition) is 4. The van der Waals surface area contributed by atoms with Gasteiger partial charge in [-0.15, -0.1) is 0 Å². The van der Waals surface area contributed by atoms with E-state index in [2.05, 4.69) is 5.32 Å². The Labute approximate surface area is 113 Å². The van der Waals surface area contributed by atoms with Crippen LogP contribution >= 0.6 is 0 Å². The zero-order valence-corrected chi connectivity index (χ0v) is 11.2. The van der Waals surface area contributed by atoms with Crippen LogP contribution in [0.4, 0.5) is 0 Å². The zero-order chi connectivity index (χ0) is 13.9. The van der Waals surface area contributed by atoms with Crippen molar-refractivity contribution in [3.63, 3.8) is 0 Å². The van der Waals surface area contributed by atoms with Crippen LogP contribution in [0, 0.1) is 0 Å². The van der Waals surface area contributed by atoms with Crippen LogP contribution in [-0.2, 0) is 19.1 Å². The van der Waals surface area contributed by atoms with E-state index in [4.69, 9.17) is 14.6 Å². The number of carbonyl (C=O) groups excluding carboxylic acids is 1. The summed E-state index contributed by atoms with van der Waals surface area (Å²) in [4.78, 5) is 21.7. The second-order valence-electron chi connectivity index (χ2n) is 4.66. The summed E-state index contributed by atoms with van der Waals surface area (Å²) in [6.45, 7) is 2.30. The summed E-state index contributed by atoms with van der Waals surface area (Å²) in [5.74, 6) is -0.850. The number of aliphatic carboxylic acids is 1. The third-order valence-electron chi connectivity index (χ3n) is 2.94. The van der Waals surface area contributed by atoms with Crippen molar-refractivity contribution in [1.29, 1.82) is 0 Å². The molecule has 6 heteroatoms. The molecular weight excluding hydrogens is 250 g/mol. The number of amides is 1. The van der Waals surface area contributed by atoms with E-state index >= 15 is 0 Å². The average Bonchev–Trinajstić information content (AvgIpc) is 2.87. The van der Waals surface area contributed by atoms with Gasteiger partial charge in [0.15, 0.2) is 0 Å². The predicted octanol–water partition coefficient (Wildman–Crippen LogP) is 0.943. The van der Waals surface area contributed by atoms with Crippen molar-refractivity contribution in [2.75, 3.05) is 26.4 Å². The molecule has 0 aliphatic carbocycles. The van der Waals surface area contributed by atoms with Crippen molar-refractivity contribution in [2.24, 2.45) is 0 Å². The van der Waals surface area contributed by atoms with Gasteiger partial charge in [0.2, 0.25) is 5.91 Å². The number of nitrogens with one attached hydrogen (secondary N) is 1. The lowest BCUT2D eigenvalue weighted by Gasteiger charge is -2.10. The second-order valence-corrected chi connectivity index (χ2v) is 4.66.